The van der Waals surface area contributed by atoms with Gasteiger partial charge >= 0.3 is 0 Å². The maximum atomic E-state index is 12.0. The SMILES string of the molecule is C=CCCC(=O)NS(=O)(=O)c1c(C)nn(C)c1C. The molecule has 0 aliphatic heterocycles. The maximum absolute atomic E-state index is 12.0. The number of carbonyl (C=O) groups is 1. The Balaban J connectivity index is 3.00. The molecule has 1 aromatic heterocycles. The minimum absolute atomic E-state index is 0.0666. The summed E-state index contributed by atoms with van der Waals surface area (Å²) in [5, 5.41) is 4.02. The van der Waals surface area contributed by atoms with Crippen LogP contribution in [0.2, 0.25) is 0 Å². The van der Waals surface area contributed by atoms with Gasteiger partial charge in [0.25, 0.3) is 10.0 Å². The highest BCUT2D eigenvalue weighted by Gasteiger charge is 2.25. The summed E-state index contributed by atoms with van der Waals surface area (Å²) < 4.78 is 27.6. The lowest BCUT2D eigenvalue weighted by Gasteiger charge is -2.06. The van der Waals surface area contributed by atoms with Crippen LogP contribution in [-0.2, 0) is 21.9 Å². The summed E-state index contributed by atoms with van der Waals surface area (Å²) in [7, 11) is -2.19. The van der Waals surface area contributed by atoms with E-state index < -0.39 is 15.9 Å². The maximum Gasteiger partial charge on any atom is 0.267 e. The van der Waals surface area contributed by atoms with Gasteiger partial charge in [0.15, 0.2) is 0 Å². The van der Waals surface area contributed by atoms with Gasteiger partial charge in [-0.3, -0.25) is 9.48 Å². The number of sulfonamides is 1. The van der Waals surface area contributed by atoms with Crippen molar-refractivity contribution in [2.24, 2.45) is 7.05 Å². The van der Waals surface area contributed by atoms with Crippen LogP contribution >= 0.6 is 0 Å². The van der Waals surface area contributed by atoms with Gasteiger partial charge in [-0.2, -0.15) is 5.10 Å². The fraction of sp³-hybridized carbons (Fsp3) is 0.455. The molecule has 0 radical (unpaired) electrons. The van der Waals surface area contributed by atoms with Crippen LogP contribution in [0.3, 0.4) is 0 Å². The Kier molecular flexibility index (Phi) is 4.28. The second kappa shape index (κ2) is 5.34. The van der Waals surface area contributed by atoms with Gasteiger partial charge < -0.3 is 0 Å². The van der Waals surface area contributed by atoms with Crippen LogP contribution in [0.1, 0.15) is 24.2 Å². The van der Waals surface area contributed by atoms with Gasteiger partial charge in [-0.05, 0) is 20.3 Å². The highest BCUT2D eigenvalue weighted by Crippen LogP contribution is 2.18. The monoisotopic (exact) mass is 271 g/mol. The molecule has 1 N–H and O–H groups in total. The van der Waals surface area contributed by atoms with Gasteiger partial charge in [0.05, 0.1) is 11.4 Å². The van der Waals surface area contributed by atoms with Crippen molar-refractivity contribution >= 4 is 15.9 Å². The molecule has 1 rings (SSSR count). The molecule has 0 aliphatic rings. The average Bonchev–Trinajstić information content (AvgIpc) is 2.49. The molecule has 6 nitrogen and oxygen atoms in total. The number of hydrogen-bond acceptors (Lipinski definition) is 4. The van der Waals surface area contributed by atoms with E-state index in [4.69, 9.17) is 0 Å². The third-order valence-corrected chi connectivity index (χ3v) is 4.16. The molecule has 1 aromatic rings. The molecule has 0 bridgehead atoms. The van der Waals surface area contributed by atoms with Crippen molar-refractivity contribution in [2.75, 3.05) is 0 Å². The zero-order valence-corrected chi connectivity index (χ0v) is 11.5. The van der Waals surface area contributed by atoms with E-state index in [0.717, 1.165) is 0 Å². The van der Waals surface area contributed by atoms with Crippen molar-refractivity contribution in [3.63, 3.8) is 0 Å². The first-order valence-corrected chi connectivity index (χ1v) is 6.94. The number of amides is 1. The Bertz CT molecular complexity index is 573. The first kappa shape index (κ1) is 14.4. The lowest BCUT2D eigenvalue weighted by molar-refractivity contribution is -0.119. The summed E-state index contributed by atoms with van der Waals surface area (Å²) >= 11 is 0. The first-order valence-electron chi connectivity index (χ1n) is 5.46. The molecule has 0 aromatic carbocycles. The minimum Gasteiger partial charge on any atom is -0.274 e. The molecular weight excluding hydrogens is 254 g/mol. The zero-order chi connectivity index (χ0) is 13.9. The molecule has 1 heterocycles. The Morgan fingerprint density at radius 2 is 2.11 bits per heavy atom. The lowest BCUT2D eigenvalue weighted by Crippen LogP contribution is -2.31. The molecule has 0 spiro atoms. The third kappa shape index (κ3) is 2.98. The van der Waals surface area contributed by atoms with E-state index in [2.05, 4.69) is 11.7 Å². The fourth-order valence-corrected chi connectivity index (χ4v) is 3.08. The highest BCUT2D eigenvalue weighted by molar-refractivity contribution is 7.90. The average molecular weight is 271 g/mol. The molecule has 0 fully saturated rings. The number of allylic oxidation sites excluding steroid dienone is 1. The largest absolute Gasteiger partial charge is 0.274 e. The van der Waals surface area contributed by atoms with E-state index in [1.165, 1.54) is 4.68 Å². The standard InChI is InChI=1S/C11H17N3O3S/c1-5-6-7-10(15)13-18(16,17)11-8(2)12-14(4)9(11)3/h5H,1,6-7H2,2-4H3,(H,13,15). The van der Waals surface area contributed by atoms with Crippen LogP contribution in [0, 0.1) is 13.8 Å². The molecule has 100 valence electrons. The van der Waals surface area contributed by atoms with E-state index in [-0.39, 0.29) is 11.3 Å². The highest BCUT2D eigenvalue weighted by atomic mass is 32.2. The summed E-state index contributed by atoms with van der Waals surface area (Å²) in [6.45, 7) is 6.71. The smallest absolute Gasteiger partial charge is 0.267 e. The fourth-order valence-electron chi connectivity index (χ4n) is 1.63. The van der Waals surface area contributed by atoms with E-state index in [9.17, 15) is 13.2 Å². The number of rotatable bonds is 5. The number of nitrogens with one attached hydrogen (secondary N) is 1. The Morgan fingerprint density at radius 1 is 1.50 bits per heavy atom. The van der Waals surface area contributed by atoms with Gasteiger partial charge in [0, 0.05) is 13.5 Å². The lowest BCUT2D eigenvalue weighted by atomic mass is 10.3. The second-order valence-electron chi connectivity index (χ2n) is 3.98. The van der Waals surface area contributed by atoms with Crippen molar-refractivity contribution in [3.05, 3.63) is 24.0 Å². The van der Waals surface area contributed by atoms with Crippen molar-refractivity contribution < 1.29 is 13.2 Å². The molecule has 1 amide bonds. The van der Waals surface area contributed by atoms with Crippen LogP contribution in [0.15, 0.2) is 17.6 Å². The number of nitrogens with zero attached hydrogens (tertiary/aromatic N) is 2. The number of aromatic nitrogens is 2. The molecule has 18 heavy (non-hydrogen) atoms. The Hall–Kier alpha value is -1.63. The van der Waals surface area contributed by atoms with Crippen LogP contribution in [0.4, 0.5) is 0 Å². The van der Waals surface area contributed by atoms with Crippen molar-refractivity contribution in [3.8, 4) is 0 Å². The van der Waals surface area contributed by atoms with Crippen LogP contribution in [0.5, 0.6) is 0 Å². The molecule has 0 saturated carbocycles. The summed E-state index contributed by atoms with van der Waals surface area (Å²) in [4.78, 5) is 11.5. The van der Waals surface area contributed by atoms with Crippen molar-refractivity contribution in [1.29, 1.82) is 0 Å². The summed E-state index contributed by atoms with van der Waals surface area (Å²) in [6, 6.07) is 0. The van der Waals surface area contributed by atoms with E-state index in [1.54, 1.807) is 27.0 Å². The molecule has 0 unspecified atom stereocenters. The second-order valence-corrected chi connectivity index (χ2v) is 5.60. The van der Waals surface area contributed by atoms with Crippen LogP contribution in [-0.4, -0.2) is 24.1 Å². The number of aryl methyl sites for hydroxylation is 2. The van der Waals surface area contributed by atoms with Crippen LogP contribution in [0.25, 0.3) is 0 Å². The van der Waals surface area contributed by atoms with E-state index in [1.807, 2.05) is 4.72 Å². The minimum atomic E-state index is -3.85. The van der Waals surface area contributed by atoms with E-state index in [0.29, 0.717) is 17.8 Å². The van der Waals surface area contributed by atoms with Gasteiger partial charge in [0.2, 0.25) is 5.91 Å². The van der Waals surface area contributed by atoms with Crippen molar-refractivity contribution in [1.82, 2.24) is 14.5 Å². The first-order chi connectivity index (χ1) is 8.29. The van der Waals surface area contributed by atoms with Crippen LogP contribution < -0.4 is 4.72 Å². The van der Waals surface area contributed by atoms with Gasteiger partial charge in [-0.1, -0.05) is 6.08 Å². The molecule has 0 saturated heterocycles. The molecule has 0 atom stereocenters. The quantitative estimate of drug-likeness (QED) is 0.803. The van der Waals surface area contributed by atoms with Gasteiger partial charge in [-0.15, -0.1) is 6.58 Å². The van der Waals surface area contributed by atoms with Gasteiger partial charge in [-0.25, -0.2) is 13.1 Å². The number of hydrogen-bond donors (Lipinski definition) is 1. The van der Waals surface area contributed by atoms with E-state index >= 15 is 0 Å². The van der Waals surface area contributed by atoms with Crippen molar-refractivity contribution in [2.45, 2.75) is 31.6 Å². The Labute approximate surface area is 107 Å². The third-order valence-electron chi connectivity index (χ3n) is 2.54. The zero-order valence-electron chi connectivity index (χ0n) is 10.7. The predicted molar refractivity (Wildman–Crippen MR) is 67.4 cm³/mol. The Morgan fingerprint density at radius 3 is 2.56 bits per heavy atom. The normalized spacial score (nSPS) is 11.3. The summed E-state index contributed by atoms with van der Waals surface area (Å²) in [5.41, 5.74) is 0.871. The predicted octanol–water partition coefficient (Wildman–Crippen LogP) is 0.808. The summed E-state index contributed by atoms with van der Waals surface area (Å²) in [6.07, 6.45) is 2.10. The molecular formula is C11H17N3O3S. The molecule has 0 aliphatic carbocycles. The summed E-state index contributed by atoms with van der Waals surface area (Å²) in [5.74, 6) is -0.544. The molecule has 7 heteroatoms. The number of carbonyl (C=O) groups excluding carboxylic acids is 1. The topological polar surface area (TPSA) is 81.1 Å². The van der Waals surface area contributed by atoms with Gasteiger partial charge in [0.1, 0.15) is 4.90 Å².